The van der Waals surface area contributed by atoms with Crippen LogP contribution >= 0.6 is 15.8 Å². The van der Waals surface area contributed by atoms with Crippen LogP contribution in [0.4, 0.5) is 0 Å². The third-order valence-electron chi connectivity index (χ3n) is 8.32. The monoisotopic (exact) mass is 611 g/mol. The van der Waals surface area contributed by atoms with Crippen LogP contribution in [-0.2, 0) is 0 Å². The molecule has 45 heavy (non-hydrogen) atoms. The number of fused-ring (bicyclic) bond motifs is 2. The van der Waals surface area contributed by atoms with Gasteiger partial charge in [0.2, 0.25) is 0 Å². The second-order valence-electron chi connectivity index (χ2n) is 11.1. The number of para-hydroxylation sites is 1. The molecule has 1 aromatic heterocycles. The predicted octanol–water partition coefficient (Wildman–Crippen LogP) is 8.30. The van der Waals surface area contributed by atoms with Gasteiger partial charge in [-0.2, -0.15) is 0 Å². The zero-order chi connectivity index (χ0) is 30.0. The van der Waals surface area contributed by atoms with Crippen molar-refractivity contribution in [3.8, 4) is 5.69 Å². The molecule has 1 heterocycles. The summed E-state index contributed by atoms with van der Waals surface area (Å²) in [6.45, 7) is 0. The maximum atomic E-state index is 2.61. The molecule has 0 aliphatic rings. The van der Waals surface area contributed by atoms with Crippen LogP contribution in [0.2, 0.25) is 0 Å². The smallest absolute Gasteiger partial charge is 0.0624 e. The van der Waals surface area contributed by atoms with Gasteiger partial charge < -0.3 is 4.57 Å². The summed E-state index contributed by atoms with van der Waals surface area (Å²) >= 11 is 0. The summed E-state index contributed by atoms with van der Waals surface area (Å²) in [6.07, 6.45) is 0. The Morgan fingerprint density at radius 1 is 0.356 bits per heavy atom. The number of rotatable bonds is 7. The fourth-order valence-electron chi connectivity index (χ4n) is 6.35. The lowest BCUT2D eigenvalue weighted by Gasteiger charge is -2.27. The second kappa shape index (κ2) is 12.3. The maximum Gasteiger partial charge on any atom is 0.0624 e. The molecule has 0 bridgehead atoms. The molecule has 0 unspecified atom stereocenters. The minimum Gasteiger partial charge on any atom is -0.308 e. The molecule has 0 atom stereocenters. The van der Waals surface area contributed by atoms with Gasteiger partial charge in [0.15, 0.2) is 0 Å². The van der Waals surface area contributed by atoms with Crippen LogP contribution in [0.15, 0.2) is 188 Å². The summed E-state index contributed by atoms with van der Waals surface area (Å²) in [7, 11) is -1.72. The molecule has 0 fully saturated rings. The summed E-state index contributed by atoms with van der Waals surface area (Å²) in [5.41, 5.74) is 3.85. The van der Waals surface area contributed by atoms with Crippen LogP contribution < -0.4 is 32.0 Å². The zero-order valence-corrected chi connectivity index (χ0v) is 26.5. The molecule has 0 saturated carbocycles. The first-order chi connectivity index (χ1) is 22.4. The molecule has 0 N–H and O–H groups in total. The van der Waals surface area contributed by atoms with Gasteiger partial charge in [-0.25, -0.2) is 0 Å². The summed E-state index contributed by atoms with van der Waals surface area (Å²) in [5, 5.41) is 10.5. The van der Waals surface area contributed by atoms with E-state index in [1.165, 1.54) is 59.3 Å². The van der Waals surface area contributed by atoms with Crippen molar-refractivity contribution < 1.29 is 0 Å². The van der Waals surface area contributed by atoms with Crippen molar-refractivity contribution in [1.29, 1.82) is 0 Å². The van der Waals surface area contributed by atoms with Gasteiger partial charge >= 0.3 is 0 Å². The van der Waals surface area contributed by atoms with Gasteiger partial charge in [0.25, 0.3) is 0 Å². The number of hydrogen-bond acceptors (Lipinski definition) is 0. The van der Waals surface area contributed by atoms with Crippen molar-refractivity contribution in [2.75, 3.05) is 0 Å². The van der Waals surface area contributed by atoms with Crippen molar-refractivity contribution in [2.45, 2.75) is 0 Å². The van der Waals surface area contributed by atoms with Crippen LogP contribution in [-0.4, -0.2) is 4.57 Å². The fraction of sp³-hybridized carbons (Fsp3) is 0. The van der Waals surface area contributed by atoms with Crippen LogP contribution in [0, 0.1) is 0 Å². The van der Waals surface area contributed by atoms with Gasteiger partial charge in [0, 0.05) is 24.0 Å². The van der Waals surface area contributed by atoms with Crippen molar-refractivity contribution in [3.63, 3.8) is 0 Å². The van der Waals surface area contributed by atoms with E-state index in [9.17, 15) is 0 Å². The van der Waals surface area contributed by atoms with Crippen LogP contribution in [0.25, 0.3) is 27.4 Å². The lowest BCUT2D eigenvalue weighted by molar-refractivity contribution is 1.20. The Hall–Kier alpha value is -4.80. The van der Waals surface area contributed by atoms with Gasteiger partial charge in [-0.15, -0.1) is 0 Å². The molecule has 0 aliphatic carbocycles. The van der Waals surface area contributed by atoms with E-state index in [-0.39, 0.29) is 0 Å². The molecule has 0 amide bonds. The summed E-state index contributed by atoms with van der Waals surface area (Å²) in [5.74, 6) is 0. The molecular weight excluding hydrogens is 580 g/mol. The highest BCUT2D eigenvalue weighted by atomic mass is 31.1. The molecule has 214 valence electrons. The minimum atomic E-state index is -0.863. The lowest BCUT2D eigenvalue weighted by atomic mass is 10.1. The number of hydrogen-bond donors (Lipinski definition) is 0. The summed E-state index contributed by atoms with van der Waals surface area (Å²) in [4.78, 5) is 0. The third kappa shape index (κ3) is 5.19. The number of benzene rings is 7. The quantitative estimate of drug-likeness (QED) is 0.160. The average molecular weight is 612 g/mol. The van der Waals surface area contributed by atoms with E-state index in [4.69, 9.17) is 0 Å². The van der Waals surface area contributed by atoms with E-state index < -0.39 is 15.8 Å². The summed E-state index contributed by atoms with van der Waals surface area (Å²) in [6, 6.07) is 69.2. The Balaban J connectivity index is 1.51. The first-order valence-electron chi connectivity index (χ1n) is 15.3. The van der Waals surface area contributed by atoms with Crippen molar-refractivity contribution in [2.24, 2.45) is 0 Å². The molecule has 0 radical (unpaired) electrons. The van der Waals surface area contributed by atoms with E-state index in [0.29, 0.717) is 0 Å². The van der Waals surface area contributed by atoms with E-state index in [0.717, 1.165) is 0 Å². The predicted molar refractivity (Wildman–Crippen MR) is 198 cm³/mol. The van der Waals surface area contributed by atoms with E-state index >= 15 is 0 Å². The van der Waals surface area contributed by atoms with Gasteiger partial charge in [-0.1, -0.05) is 176 Å². The van der Waals surface area contributed by atoms with Crippen molar-refractivity contribution in [1.82, 2.24) is 4.57 Å². The average Bonchev–Trinajstić information content (AvgIpc) is 3.49. The van der Waals surface area contributed by atoms with Gasteiger partial charge in [0.05, 0.1) is 16.6 Å². The second-order valence-corrected chi connectivity index (χ2v) is 15.4. The molecule has 8 rings (SSSR count). The van der Waals surface area contributed by atoms with Crippen LogP contribution in [0.5, 0.6) is 0 Å². The van der Waals surface area contributed by atoms with Crippen LogP contribution in [0.1, 0.15) is 0 Å². The largest absolute Gasteiger partial charge is 0.308 e. The highest BCUT2D eigenvalue weighted by Gasteiger charge is 2.28. The molecule has 3 heteroatoms. The molecular formula is C42H31NP2. The van der Waals surface area contributed by atoms with Crippen molar-refractivity contribution in [3.05, 3.63) is 188 Å². The highest BCUT2D eigenvalue weighted by Crippen LogP contribution is 2.41. The van der Waals surface area contributed by atoms with E-state index in [2.05, 4.69) is 193 Å². The Morgan fingerprint density at radius 3 is 1.36 bits per heavy atom. The fourth-order valence-corrected chi connectivity index (χ4v) is 11.2. The minimum absolute atomic E-state index is 0.854. The van der Waals surface area contributed by atoms with Gasteiger partial charge in [-0.05, 0) is 46.7 Å². The normalized spacial score (nSPS) is 11.5. The number of aromatic nitrogens is 1. The Kier molecular flexibility index (Phi) is 7.58. The first-order valence-corrected chi connectivity index (χ1v) is 18.0. The van der Waals surface area contributed by atoms with Crippen molar-refractivity contribution >= 4 is 69.5 Å². The lowest BCUT2D eigenvalue weighted by Crippen LogP contribution is -2.30. The van der Waals surface area contributed by atoms with E-state index in [1.54, 1.807) is 0 Å². The molecule has 8 aromatic rings. The number of nitrogens with zero attached hydrogens (tertiary/aromatic N) is 1. The SMILES string of the molecule is c1ccc(P(c2ccccc2)c2ccc3ccccc3c2-n2c(P(c3ccccc3)c3ccccc3)cc3ccccc32)cc1. The molecule has 1 nitrogen and oxygen atoms in total. The van der Waals surface area contributed by atoms with Crippen LogP contribution in [0.3, 0.4) is 0 Å². The van der Waals surface area contributed by atoms with E-state index in [1.807, 2.05) is 0 Å². The topological polar surface area (TPSA) is 4.93 Å². The zero-order valence-electron chi connectivity index (χ0n) is 24.7. The highest BCUT2D eigenvalue weighted by molar-refractivity contribution is 7.80. The maximum absolute atomic E-state index is 2.61. The molecule has 0 saturated heterocycles. The Morgan fingerprint density at radius 2 is 0.800 bits per heavy atom. The standard InChI is InChI=1S/C42H31NP2/c1-5-19-34(20-6-1)44(35-21-7-2-8-22-35)40-30-29-32-17-13-15-27-38(32)42(40)43-39-28-16-14-18-33(39)31-41(43)45(36-23-9-3-10-24-36)37-25-11-4-12-26-37/h1-31H. The molecule has 0 spiro atoms. The molecule has 7 aromatic carbocycles. The first kappa shape index (κ1) is 27.7. The summed E-state index contributed by atoms with van der Waals surface area (Å²) < 4.78 is 2.61. The Labute approximate surface area is 266 Å². The van der Waals surface area contributed by atoms with Gasteiger partial charge in [0.1, 0.15) is 0 Å². The van der Waals surface area contributed by atoms with Gasteiger partial charge in [-0.3, -0.25) is 0 Å². The third-order valence-corrected chi connectivity index (χ3v) is 13.2. The molecule has 0 aliphatic heterocycles. The Bertz CT molecular complexity index is 2130.